The molecular weight excluding hydrogens is 372 g/mol. The smallest absolute Gasteiger partial charge is 0.240 e. The normalized spacial score (nSPS) is 11.4. The molecule has 0 atom stereocenters. The molecule has 1 aromatic carbocycles. The van der Waals surface area contributed by atoms with Crippen LogP contribution in [0.25, 0.3) is 11.3 Å². The van der Waals surface area contributed by atoms with Crippen LogP contribution in [0, 0.1) is 0 Å². The number of aromatic nitrogens is 2. The van der Waals surface area contributed by atoms with Crippen molar-refractivity contribution in [3.05, 3.63) is 35.1 Å². The van der Waals surface area contributed by atoms with Gasteiger partial charge >= 0.3 is 0 Å². The van der Waals surface area contributed by atoms with Crippen molar-refractivity contribution in [1.29, 1.82) is 0 Å². The van der Waals surface area contributed by atoms with Crippen LogP contribution >= 0.6 is 15.9 Å². The third kappa shape index (κ3) is 4.25. The van der Waals surface area contributed by atoms with Crippen molar-refractivity contribution in [2.45, 2.75) is 4.90 Å². The lowest BCUT2D eigenvalue weighted by molar-refractivity contribution is 0.144. The molecular formula is C14H15BrN2O4S. The topological polar surface area (TPSA) is 78.4 Å². The maximum atomic E-state index is 11.5. The van der Waals surface area contributed by atoms with E-state index in [9.17, 15) is 8.42 Å². The lowest BCUT2D eigenvalue weighted by Crippen LogP contribution is -2.07. The predicted octanol–water partition coefficient (Wildman–Crippen LogP) is 2.33. The number of hydrogen-bond acceptors (Lipinski definition) is 6. The Hall–Kier alpha value is -1.51. The summed E-state index contributed by atoms with van der Waals surface area (Å²) in [6.07, 6.45) is 2.71. The highest BCUT2D eigenvalue weighted by Gasteiger charge is 2.13. The highest BCUT2D eigenvalue weighted by molar-refractivity contribution is 9.10. The van der Waals surface area contributed by atoms with Crippen molar-refractivity contribution in [3.63, 3.8) is 0 Å². The molecule has 0 N–H and O–H groups in total. The van der Waals surface area contributed by atoms with E-state index in [0.29, 0.717) is 35.0 Å². The highest BCUT2D eigenvalue weighted by Crippen LogP contribution is 2.28. The van der Waals surface area contributed by atoms with Gasteiger partial charge in [0, 0.05) is 18.9 Å². The maximum Gasteiger partial charge on any atom is 0.240 e. The van der Waals surface area contributed by atoms with Crippen molar-refractivity contribution < 1.29 is 17.9 Å². The number of sulfone groups is 1. The van der Waals surface area contributed by atoms with Crippen LogP contribution in [0.1, 0.15) is 0 Å². The van der Waals surface area contributed by atoms with Crippen LogP contribution in [-0.4, -0.2) is 45.0 Å². The van der Waals surface area contributed by atoms with Gasteiger partial charge in [0.2, 0.25) is 5.88 Å². The molecule has 2 rings (SSSR count). The minimum Gasteiger partial charge on any atom is -0.474 e. The van der Waals surface area contributed by atoms with Crippen molar-refractivity contribution in [1.82, 2.24) is 9.97 Å². The molecule has 0 radical (unpaired) electrons. The van der Waals surface area contributed by atoms with Crippen LogP contribution < -0.4 is 4.74 Å². The Morgan fingerprint density at radius 1 is 1.18 bits per heavy atom. The fraction of sp³-hybridized carbons (Fsp3) is 0.286. The number of ether oxygens (including phenoxy) is 2. The van der Waals surface area contributed by atoms with Gasteiger partial charge in [-0.25, -0.2) is 18.4 Å². The van der Waals surface area contributed by atoms with E-state index in [1.807, 2.05) is 0 Å². The molecule has 8 heteroatoms. The molecule has 0 fully saturated rings. The molecule has 0 amide bonds. The van der Waals surface area contributed by atoms with E-state index in [1.54, 1.807) is 19.2 Å². The number of hydrogen-bond donors (Lipinski definition) is 0. The highest BCUT2D eigenvalue weighted by atomic mass is 79.9. The van der Waals surface area contributed by atoms with Crippen molar-refractivity contribution in [2.24, 2.45) is 0 Å². The summed E-state index contributed by atoms with van der Waals surface area (Å²) in [6, 6.07) is 6.42. The first-order chi connectivity index (χ1) is 10.4. The van der Waals surface area contributed by atoms with Gasteiger partial charge in [-0.1, -0.05) is 12.1 Å². The van der Waals surface area contributed by atoms with Crippen molar-refractivity contribution in [3.8, 4) is 17.1 Å². The fourth-order valence-corrected chi connectivity index (χ4v) is 2.64. The van der Waals surface area contributed by atoms with E-state index in [-0.39, 0.29) is 4.90 Å². The summed E-state index contributed by atoms with van der Waals surface area (Å²) >= 11 is 3.27. The molecule has 0 aliphatic rings. The van der Waals surface area contributed by atoms with Gasteiger partial charge in [-0.2, -0.15) is 0 Å². The minimum absolute atomic E-state index is 0.251. The second-order valence-corrected chi connectivity index (χ2v) is 7.31. The predicted molar refractivity (Wildman–Crippen MR) is 85.6 cm³/mol. The van der Waals surface area contributed by atoms with Crippen molar-refractivity contribution >= 4 is 25.8 Å². The van der Waals surface area contributed by atoms with Gasteiger partial charge in [-0.15, -0.1) is 0 Å². The van der Waals surface area contributed by atoms with Crippen LogP contribution in [-0.2, 0) is 14.6 Å². The zero-order valence-electron chi connectivity index (χ0n) is 12.1. The Morgan fingerprint density at radius 3 is 2.45 bits per heavy atom. The van der Waals surface area contributed by atoms with Gasteiger partial charge in [0.15, 0.2) is 9.84 Å². The van der Waals surface area contributed by atoms with Crippen LogP contribution in [0.2, 0.25) is 0 Å². The summed E-state index contributed by atoms with van der Waals surface area (Å²) in [5.74, 6) is 0.368. The number of benzene rings is 1. The number of halogens is 1. The molecule has 6 nitrogen and oxygen atoms in total. The summed E-state index contributed by atoms with van der Waals surface area (Å²) in [6.45, 7) is 0.783. The molecule has 0 saturated carbocycles. The van der Waals surface area contributed by atoms with Crippen LogP contribution in [0.15, 0.2) is 40.0 Å². The Bertz CT molecular complexity index is 748. The van der Waals surface area contributed by atoms with Gasteiger partial charge in [0.1, 0.15) is 16.9 Å². The number of rotatable bonds is 6. The molecule has 0 unspecified atom stereocenters. The van der Waals surface area contributed by atoms with Gasteiger partial charge in [-0.05, 0) is 28.1 Å². The lowest BCUT2D eigenvalue weighted by Gasteiger charge is -2.10. The Kier molecular flexibility index (Phi) is 5.49. The van der Waals surface area contributed by atoms with Gasteiger partial charge < -0.3 is 9.47 Å². The number of nitrogens with zero attached hydrogens (tertiary/aromatic N) is 2. The van der Waals surface area contributed by atoms with Gasteiger partial charge in [0.05, 0.1) is 17.7 Å². The molecule has 0 bridgehead atoms. The monoisotopic (exact) mass is 386 g/mol. The van der Waals surface area contributed by atoms with E-state index in [0.717, 1.165) is 0 Å². The van der Waals surface area contributed by atoms with Crippen LogP contribution in [0.3, 0.4) is 0 Å². The number of methoxy groups -OCH3 is 1. The largest absolute Gasteiger partial charge is 0.474 e. The summed E-state index contributed by atoms with van der Waals surface area (Å²) in [7, 11) is -1.65. The lowest BCUT2D eigenvalue weighted by atomic mass is 10.1. The second-order valence-electron chi connectivity index (χ2n) is 4.48. The average Bonchev–Trinajstić information content (AvgIpc) is 2.48. The van der Waals surface area contributed by atoms with Gasteiger partial charge in [-0.3, -0.25) is 0 Å². The average molecular weight is 387 g/mol. The van der Waals surface area contributed by atoms with E-state index in [2.05, 4.69) is 25.9 Å². The molecule has 118 valence electrons. The summed E-state index contributed by atoms with van der Waals surface area (Å²) in [5, 5.41) is 0. The molecule has 0 spiro atoms. The third-order valence-corrected chi connectivity index (χ3v) is 4.30. The quantitative estimate of drug-likeness (QED) is 0.708. The molecule has 22 heavy (non-hydrogen) atoms. The summed E-state index contributed by atoms with van der Waals surface area (Å²) in [4.78, 5) is 8.80. The first kappa shape index (κ1) is 16.9. The van der Waals surface area contributed by atoms with E-state index in [1.165, 1.54) is 24.6 Å². The summed E-state index contributed by atoms with van der Waals surface area (Å²) < 4.78 is 34.1. The second kappa shape index (κ2) is 7.17. The summed E-state index contributed by atoms with van der Waals surface area (Å²) in [5.41, 5.74) is 1.25. The minimum atomic E-state index is -3.23. The standard InChI is InChI=1S/C14H15BrN2O4S/c1-20-7-8-21-14-13(17-12(15)9-16-14)10-3-5-11(6-4-10)22(2,18)19/h3-6,9H,7-8H2,1-2H3. The van der Waals surface area contributed by atoms with Crippen LogP contribution in [0.5, 0.6) is 5.88 Å². The Labute approximate surface area is 137 Å². The first-order valence-electron chi connectivity index (χ1n) is 6.36. The SMILES string of the molecule is COCCOc1ncc(Br)nc1-c1ccc(S(C)(=O)=O)cc1. The zero-order valence-corrected chi connectivity index (χ0v) is 14.5. The fourth-order valence-electron chi connectivity index (χ4n) is 1.73. The Morgan fingerprint density at radius 2 is 1.86 bits per heavy atom. The Balaban J connectivity index is 2.36. The molecule has 1 heterocycles. The third-order valence-electron chi connectivity index (χ3n) is 2.79. The zero-order chi connectivity index (χ0) is 16.2. The first-order valence-corrected chi connectivity index (χ1v) is 9.05. The molecule has 0 saturated heterocycles. The molecule has 0 aliphatic carbocycles. The van der Waals surface area contributed by atoms with E-state index in [4.69, 9.17) is 9.47 Å². The molecule has 0 aliphatic heterocycles. The van der Waals surface area contributed by atoms with Crippen molar-refractivity contribution in [2.75, 3.05) is 26.6 Å². The maximum absolute atomic E-state index is 11.5. The van der Waals surface area contributed by atoms with Gasteiger partial charge in [0.25, 0.3) is 0 Å². The van der Waals surface area contributed by atoms with E-state index < -0.39 is 9.84 Å². The van der Waals surface area contributed by atoms with Crippen LogP contribution in [0.4, 0.5) is 0 Å². The molecule has 1 aromatic heterocycles. The molecule has 2 aromatic rings. The van der Waals surface area contributed by atoms with E-state index >= 15 is 0 Å².